The quantitative estimate of drug-likeness (QED) is 0.715. The van der Waals surface area contributed by atoms with E-state index in [2.05, 4.69) is 0 Å². The monoisotopic (exact) mass is 224 g/mol. The molecule has 0 fully saturated rings. The summed E-state index contributed by atoms with van der Waals surface area (Å²) in [4.78, 5) is 0. The molecule has 0 heterocycles. The maximum absolute atomic E-state index is 11.5. The lowest BCUT2D eigenvalue weighted by molar-refractivity contribution is 0.0439. The first-order valence-corrected chi connectivity index (χ1v) is 6.38. The van der Waals surface area contributed by atoms with Gasteiger partial charge in [-0.25, -0.2) is 8.42 Å². The summed E-state index contributed by atoms with van der Waals surface area (Å²) in [6, 6.07) is 0. The second kappa shape index (κ2) is 4.59. The zero-order chi connectivity index (χ0) is 11.6. The topological polar surface area (TPSA) is 74.6 Å². The fourth-order valence-corrected chi connectivity index (χ4v) is 2.64. The smallest absolute Gasteiger partial charge is 0.157 e. The summed E-state index contributed by atoms with van der Waals surface area (Å²) in [5.41, 5.74) is -0.546. The molecule has 14 heavy (non-hydrogen) atoms. The Kier molecular flexibility index (Phi) is 4.55. The van der Waals surface area contributed by atoms with Crippen LogP contribution in [0.25, 0.3) is 0 Å². The molecule has 0 saturated carbocycles. The van der Waals surface area contributed by atoms with Crippen LogP contribution in [0.4, 0.5) is 0 Å². The number of hydrogen-bond donors (Lipinski definition) is 2. The summed E-state index contributed by atoms with van der Waals surface area (Å²) in [6.45, 7) is 6.20. The van der Waals surface area contributed by atoms with Crippen molar-refractivity contribution in [2.45, 2.75) is 39.0 Å². The van der Waals surface area contributed by atoms with Crippen molar-refractivity contribution >= 4 is 9.84 Å². The van der Waals surface area contributed by atoms with Crippen molar-refractivity contribution in [2.24, 2.45) is 5.41 Å². The SMILES string of the molecule is CCS(=O)(=O)[C@@H](CO)[C@H](O)C(C)(C)C. The number of aliphatic hydroxyl groups is 2. The number of rotatable bonds is 4. The van der Waals surface area contributed by atoms with Crippen LogP contribution in [0.3, 0.4) is 0 Å². The minimum Gasteiger partial charge on any atom is -0.395 e. The van der Waals surface area contributed by atoms with E-state index in [-0.39, 0.29) is 5.75 Å². The van der Waals surface area contributed by atoms with Gasteiger partial charge in [-0.1, -0.05) is 27.7 Å². The molecule has 0 aromatic heterocycles. The average molecular weight is 224 g/mol. The summed E-state index contributed by atoms with van der Waals surface area (Å²) in [5, 5.41) is 17.7. The van der Waals surface area contributed by atoms with Gasteiger partial charge >= 0.3 is 0 Å². The van der Waals surface area contributed by atoms with Crippen LogP contribution in [0, 0.1) is 5.41 Å². The second-order valence-electron chi connectivity index (χ2n) is 4.48. The van der Waals surface area contributed by atoms with Gasteiger partial charge in [-0.15, -0.1) is 0 Å². The first-order valence-electron chi connectivity index (χ1n) is 4.67. The van der Waals surface area contributed by atoms with Crippen LogP contribution in [0.5, 0.6) is 0 Å². The molecular formula is C9H20O4S. The molecule has 0 aromatic carbocycles. The van der Waals surface area contributed by atoms with Crippen LogP contribution in [0.15, 0.2) is 0 Å². The van der Waals surface area contributed by atoms with Gasteiger partial charge in [0, 0.05) is 5.75 Å². The molecule has 0 unspecified atom stereocenters. The van der Waals surface area contributed by atoms with Crippen LogP contribution in [0.1, 0.15) is 27.7 Å². The molecule has 0 aliphatic carbocycles. The predicted octanol–water partition coefficient (Wildman–Crippen LogP) is 0.189. The molecule has 2 N–H and O–H groups in total. The predicted molar refractivity (Wildman–Crippen MR) is 55.8 cm³/mol. The molecule has 2 atom stereocenters. The molecule has 0 aromatic rings. The number of aliphatic hydroxyl groups excluding tert-OH is 2. The van der Waals surface area contributed by atoms with Gasteiger partial charge in [0.2, 0.25) is 0 Å². The summed E-state index contributed by atoms with van der Waals surface area (Å²) in [6.07, 6.45) is -1.04. The van der Waals surface area contributed by atoms with Crippen LogP contribution in [-0.2, 0) is 9.84 Å². The Balaban J connectivity index is 4.93. The molecule has 0 aliphatic heterocycles. The van der Waals surface area contributed by atoms with Gasteiger partial charge in [-0.3, -0.25) is 0 Å². The van der Waals surface area contributed by atoms with E-state index in [1.165, 1.54) is 6.92 Å². The van der Waals surface area contributed by atoms with Gasteiger partial charge < -0.3 is 10.2 Å². The third kappa shape index (κ3) is 3.22. The van der Waals surface area contributed by atoms with E-state index in [9.17, 15) is 13.5 Å². The molecule has 5 heteroatoms. The summed E-state index contributed by atoms with van der Waals surface area (Å²) < 4.78 is 23.0. The highest BCUT2D eigenvalue weighted by Gasteiger charge is 2.37. The van der Waals surface area contributed by atoms with Crippen molar-refractivity contribution < 1.29 is 18.6 Å². The summed E-state index contributed by atoms with van der Waals surface area (Å²) >= 11 is 0. The van der Waals surface area contributed by atoms with E-state index in [1.54, 1.807) is 20.8 Å². The molecule has 0 rings (SSSR count). The molecule has 0 saturated heterocycles. The van der Waals surface area contributed by atoms with Crippen molar-refractivity contribution in [1.82, 2.24) is 0 Å². The van der Waals surface area contributed by atoms with E-state index in [1.807, 2.05) is 0 Å². The summed E-state index contributed by atoms with van der Waals surface area (Å²) in [5.74, 6) is -0.0641. The van der Waals surface area contributed by atoms with Crippen molar-refractivity contribution in [3.05, 3.63) is 0 Å². The van der Waals surface area contributed by atoms with Gasteiger partial charge in [0.25, 0.3) is 0 Å². The molecule has 4 nitrogen and oxygen atoms in total. The Hall–Kier alpha value is -0.130. The minimum atomic E-state index is -3.39. The lowest BCUT2D eigenvalue weighted by Gasteiger charge is -2.31. The zero-order valence-corrected chi connectivity index (χ0v) is 10.0. The molecular weight excluding hydrogens is 204 g/mol. The maximum Gasteiger partial charge on any atom is 0.157 e. The normalized spacial score (nSPS) is 17.9. The van der Waals surface area contributed by atoms with Crippen LogP contribution in [0.2, 0.25) is 0 Å². The van der Waals surface area contributed by atoms with Crippen LogP contribution >= 0.6 is 0 Å². The minimum absolute atomic E-state index is 0.0641. The molecule has 0 bridgehead atoms. The number of hydrogen-bond acceptors (Lipinski definition) is 4. The molecule has 0 spiro atoms. The first kappa shape index (κ1) is 13.9. The summed E-state index contributed by atoms with van der Waals surface area (Å²) in [7, 11) is -3.39. The van der Waals surface area contributed by atoms with E-state index in [4.69, 9.17) is 5.11 Å². The highest BCUT2D eigenvalue weighted by atomic mass is 32.2. The lowest BCUT2D eigenvalue weighted by Crippen LogP contribution is -2.45. The van der Waals surface area contributed by atoms with E-state index in [0.29, 0.717) is 0 Å². The van der Waals surface area contributed by atoms with Crippen LogP contribution < -0.4 is 0 Å². The molecule has 0 radical (unpaired) electrons. The van der Waals surface area contributed by atoms with E-state index >= 15 is 0 Å². The second-order valence-corrected chi connectivity index (χ2v) is 6.99. The van der Waals surface area contributed by atoms with E-state index < -0.39 is 33.2 Å². The fourth-order valence-electron chi connectivity index (χ4n) is 1.18. The van der Waals surface area contributed by atoms with Crippen molar-refractivity contribution in [3.8, 4) is 0 Å². The molecule has 0 aliphatic rings. The Bertz CT molecular complexity index is 263. The molecule has 0 amide bonds. The van der Waals surface area contributed by atoms with Crippen molar-refractivity contribution in [3.63, 3.8) is 0 Å². The van der Waals surface area contributed by atoms with Gasteiger partial charge in [-0.2, -0.15) is 0 Å². The standard InChI is InChI=1S/C9H20O4S/c1-5-14(12,13)7(6-10)8(11)9(2,3)4/h7-8,10-11H,5-6H2,1-4H3/t7-,8-/m0/s1. The Labute approximate surface area is 85.9 Å². The van der Waals surface area contributed by atoms with Crippen molar-refractivity contribution in [1.29, 1.82) is 0 Å². The third-order valence-corrected chi connectivity index (χ3v) is 4.42. The highest BCUT2D eigenvalue weighted by Crippen LogP contribution is 2.25. The van der Waals surface area contributed by atoms with Gasteiger partial charge in [-0.05, 0) is 5.41 Å². The Morgan fingerprint density at radius 3 is 1.93 bits per heavy atom. The lowest BCUT2D eigenvalue weighted by atomic mass is 9.87. The Morgan fingerprint density at radius 2 is 1.71 bits per heavy atom. The van der Waals surface area contributed by atoms with E-state index in [0.717, 1.165) is 0 Å². The van der Waals surface area contributed by atoms with Gasteiger partial charge in [0.15, 0.2) is 9.84 Å². The van der Waals surface area contributed by atoms with Crippen molar-refractivity contribution in [2.75, 3.05) is 12.4 Å². The van der Waals surface area contributed by atoms with Gasteiger partial charge in [0.05, 0.1) is 12.7 Å². The number of sulfone groups is 1. The fraction of sp³-hybridized carbons (Fsp3) is 1.00. The largest absolute Gasteiger partial charge is 0.395 e. The average Bonchev–Trinajstić information content (AvgIpc) is 2.03. The maximum atomic E-state index is 11.5. The highest BCUT2D eigenvalue weighted by molar-refractivity contribution is 7.92. The Morgan fingerprint density at radius 1 is 1.29 bits per heavy atom. The third-order valence-electron chi connectivity index (χ3n) is 2.28. The first-order chi connectivity index (χ1) is 6.16. The van der Waals surface area contributed by atoms with Gasteiger partial charge in [0.1, 0.15) is 5.25 Å². The zero-order valence-electron chi connectivity index (χ0n) is 9.19. The molecule has 86 valence electrons. The van der Waals surface area contributed by atoms with Crippen LogP contribution in [-0.4, -0.2) is 42.3 Å².